The smallest absolute Gasteiger partial charge is 0.122 e. The predicted molar refractivity (Wildman–Crippen MR) is 80.1 cm³/mol. The lowest BCUT2D eigenvalue weighted by Crippen LogP contribution is -2.10. The minimum Gasteiger partial charge on any atom is -0.493 e. The Kier molecular flexibility index (Phi) is 3.75. The molecular weight excluding hydrogens is 248 g/mol. The second kappa shape index (κ2) is 5.68. The van der Waals surface area contributed by atoms with Crippen molar-refractivity contribution in [3.05, 3.63) is 64.7 Å². The maximum Gasteiger partial charge on any atom is 0.122 e. The number of aliphatic hydroxyl groups is 1. The topological polar surface area (TPSA) is 29.5 Å². The van der Waals surface area contributed by atoms with Gasteiger partial charge < -0.3 is 9.84 Å². The van der Waals surface area contributed by atoms with Gasteiger partial charge in [0.05, 0.1) is 12.7 Å². The molecule has 0 spiro atoms. The maximum atomic E-state index is 10.4. The van der Waals surface area contributed by atoms with E-state index in [9.17, 15) is 5.11 Å². The Balaban J connectivity index is 1.76. The van der Waals surface area contributed by atoms with Crippen molar-refractivity contribution in [2.45, 2.75) is 32.3 Å². The first-order chi connectivity index (χ1) is 9.72. The van der Waals surface area contributed by atoms with Crippen LogP contribution in [0.4, 0.5) is 0 Å². The van der Waals surface area contributed by atoms with Crippen molar-refractivity contribution < 1.29 is 9.84 Å². The number of ether oxygens (including phenoxy) is 1. The molecule has 0 radical (unpaired) electrons. The summed E-state index contributed by atoms with van der Waals surface area (Å²) in [6, 6.07) is 14.4. The van der Waals surface area contributed by atoms with E-state index in [0.717, 1.165) is 36.3 Å². The van der Waals surface area contributed by atoms with Gasteiger partial charge >= 0.3 is 0 Å². The molecule has 1 N–H and O–H groups in total. The average Bonchev–Trinajstić information content (AvgIpc) is 2.49. The molecule has 3 rings (SSSR count). The number of rotatable bonds is 3. The summed E-state index contributed by atoms with van der Waals surface area (Å²) in [6.45, 7) is 2.88. The van der Waals surface area contributed by atoms with Crippen LogP contribution in [0.5, 0.6) is 5.75 Å². The van der Waals surface area contributed by atoms with E-state index in [-0.39, 0.29) is 0 Å². The van der Waals surface area contributed by atoms with Gasteiger partial charge in [-0.05, 0) is 48.6 Å². The van der Waals surface area contributed by atoms with Crippen LogP contribution in [-0.2, 0) is 12.8 Å². The van der Waals surface area contributed by atoms with Crippen molar-refractivity contribution in [1.82, 2.24) is 0 Å². The van der Waals surface area contributed by atoms with E-state index < -0.39 is 6.10 Å². The normalized spacial score (nSPS) is 15.3. The fourth-order valence-corrected chi connectivity index (χ4v) is 2.65. The number of fused-ring (bicyclic) bond motifs is 1. The largest absolute Gasteiger partial charge is 0.493 e. The van der Waals surface area contributed by atoms with Gasteiger partial charge in [-0.15, -0.1) is 0 Å². The summed E-state index contributed by atoms with van der Waals surface area (Å²) in [5, 5.41) is 10.4. The lowest BCUT2D eigenvalue weighted by molar-refractivity contribution is 0.178. The number of hydrogen-bond donors (Lipinski definition) is 1. The highest BCUT2D eigenvalue weighted by Gasteiger charge is 2.14. The molecule has 0 aliphatic carbocycles. The maximum absolute atomic E-state index is 10.4. The molecule has 0 fully saturated rings. The molecule has 2 heteroatoms. The molecule has 2 nitrogen and oxygen atoms in total. The Labute approximate surface area is 120 Å². The van der Waals surface area contributed by atoms with Crippen LogP contribution in [-0.4, -0.2) is 11.7 Å². The lowest BCUT2D eigenvalue weighted by atomic mass is 9.97. The number of aryl methyl sites for hydroxylation is 2. The van der Waals surface area contributed by atoms with Crippen molar-refractivity contribution in [1.29, 1.82) is 0 Å². The van der Waals surface area contributed by atoms with Crippen molar-refractivity contribution >= 4 is 0 Å². The van der Waals surface area contributed by atoms with Crippen LogP contribution in [0.1, 0.15) is 34.8 Å². The Morgan fingerprint density at radius 3 is 2.75 bits per heavy atom. The molecule has 1 atom stereocenters. The van der Waals surface area contributed by atoms with Gasteiger partial charge in [0, 0.05) is 6.42 Å². The summed E-state index contributed by atoms with van der Waals surface area (Å²) in [7, 11) is 0. The fraction of sp³-hybridized carbons (Fsp3) is 0.333. The molecule has 0 amide bonds. The molecule has 104 valence electrons. The standard InChI is InChI=1S/C18H20O2/c1-13-4-6-14(7-5-13)11-17(19)15-8-9-18-16(12-15)3-2-10-20-18/h4-9,12,17,19H,2-3,10-11H2,1H3. The first kappa shape index (κ1) is 13.2. The van der Waals surface area contributed by atoms with Crippen LogP contribution in [0, 0.1) is 6.92 Å². The highest BCUT2D eigenvalue weighted by molar-refractivity contribution is 5.39. The summed E-state index contributed by atoms with van der Waals surface area (Å²) >= 11 is 0. The van der Waals surface area contributed by atoms with E-state index in [1.165, 1.54) is 11.1 Å². The van der Waals surface area contributed by atoms with E-state index >= 15 is 0 Å². The van der Waals surface area contributed by atoms with Crippen LogP contribution >= 0.6 is 0 Å². The lowest BCUT2D eigenvalue weighted by Gasteiger charge is -2.19. The van der Waals surface area contributed by atoms with Crippen LogP contribution in [0.3, 0.4) is 0 Å². The third-order valence-corrected chi connectivity index (χ3v) is 3.87. The van der Waals surface area contributed by atoms with Crippen LogP contribution in [0.15, 0.2) is 42.5 Å². The van der Waals surface area contributed by atoms with Crippen molar-refractivity contribution in [3.63, 3.8) is 0 Å². The molecule has 0 saturated carbocycles. The quantitative estimate of drug-likeness (QED) is 0.921. The van der Waals surface area contributed by atoms with Crippen molar-refractivity contribution in [3.8, 4) is 5.75 Å². The van der Waals surface area contributed by atoms with E-state index in [2.05, 4.69) is 37.3 Å². The summed E-state index contributed by atoms with van der Waals surface area (Å²) in [5.74, 6) is 0.975. The zero-order valence-corrected chi connectivity index (χ0v) is 11.8. The van der Waals surface area contributed by atoms with Crippen LogP contribution in [0.25, 0.3) is 0 Å². The molecule has 20 heavy (non-hydrogen) atoms. The number of benzene rings is 2. The van der Waals surface area contributed by atoms with Gasteiger partial charge in [0.15, 0.2) is 0 Å². The van der Waals surface area contributed by atoms with Crippen LogP contribution in [0.2, 0.25) is 0 Å². The summed E-state index contributed by atoms with van der Waals surface area (Å²) < 4.78 is 5.61. The molecule has 1 aliphatic rings. The summed E-state index contributed by atoms with van der Waals surface area (Å²) in [6.07, 6.45) is 2.30. The molecule has 2 aromatic rings. The first-order valence-electron chi connectivity index (χ1n) is 7.21. The third-order valence-electron chi connectivity index (χ3n) is 3.87. The third kappa shape index (κ3) is 2.86. The predicted octanol–water partition coefficient (Wildman–Crippen LogP) is 3.60. The van der Waals surface area contributed by atoms with E-state index in [1.54, 1.807) is 0 Å². The van der Waals surface area contributed by atoms with Gasteiger partial charge in [-0.2, -0.15) is 0 Å². The molecule has 0 aromatic heterocycles. The van der Waals surface area contributed by atoms with Gasteiger partial charge in [-0.25, -0.2) is 0 Å². The molecular formula is C18H20O2. The Hall–Kier alpha value is -1.80. The summed E-state index contributed by atoms with van der Waals surface area (Å²) in [5.41, 5.74) is 4.61. The zero-order valence-electron chi connectivity index (χ0n) is 11.8. The van der Waals surface area contributed by atoms with E-state index in [4.69, 9.17) is 4.74 Å². The molecule has 1 heterocycles. The van der Waals surface area contributed by atoms with Gasteiger partial charge in [-0.1, -0.05) is 35.9 Å². The Morgan fingerprint density at radius 2 is 1.95 bits per heavy atom. The first-order valence-corrected chi connectivity index (χ1v) is 7.21. The van der Waals surface area contributed by atoms with Gasteiger partial charge in [0.25, 0.3) is 0 Å². The van der Waals surface area contributed by atoms with Gasteiger partial charge in [0.2, 0.25) is 0 Å². The Morgan fingerprint density at radius 1 is 1.15 bits per heavy atom. The van der Waals surface area contributed by atoms with Crippen LogP contribution < -0.4 is 4.74 Å². The van der Waals surface area contributed by atoms with Crippen molar-refractivity contribution in [2.24, 2.45) is 0 Å². The van der Waals surface area contributed by atoms with Crippen molar-refractivity contribution in [2.75, 3.05) is 6.61 Å². The highest BCUT2D eigenvalue weighted by atomic mass is 16.5. The SMILES string of the molecule is Cc1ccc(CC(O)c2ccc3c(c2)CCCO3)cc1. The fourth-order valence-electron chi connectivity index (χ4n) is 2.65. The molecule has 2 aromatic carbocycles. The van der Waals surface area contributed by atoms with Gasteiger partial charge in [0.1, 0.15) is 5.75 Å². The average molecular weight is 268 g/mol. The zero-order chi connectivity index (χ0) is 13.9. The number of aliphatic hydroxyl groups excluding tert-OH is 1. The van der Waals surface area contributed by atoms with Gasteiger partial charge in [-0.3, -0.25) is 0 Å². The second-order valence-electron chi connectivity index (χ2n) is 5.52. The van der Waals surface area contributed by atoms with E-state index in [0.29, 0.717) is 6.42 Å². The molecule has 1 aliphatic heterocycles. The number of hydrogen-bond acceptors (Lipinski definition) is 2. The minimum absolute atomic E-state index is 0.454. The Bertz CT molecular complexity index is 587. The molecule has 0 saturated heterocycles. The van der Waals surface area contributed by atoms with E-state index in [1.807, 2.05) is 12.1 Å². The second-order valence-corrected chi connectivity index (χ2v) is 5.52. The summed E-state index contributed by atoms with van der Waals surface area (Å²) in [4.78, 5) is 0. The highest BCUT2D eigenvalue weighted by Crippen LogP contribution is 2.29. The molecule has 1 unspecified atom stereocenters. The minimum atomic E-state index is -0.454. The molecule has 0 bridgehead atoms. The monoisotopic (exact) mass is 268 g/mol.